The number of nitrogens with one attached hydrogen (secondary N) is 1. The lowest BCUT2D eigenvalue weighted by Crippen LogP contribution is -2.37. The molecule has 2 heterocycles. The van der Waals surface area contributed by atoms with Crippen LogP contribution in [0.5, 0.6) is 0 Å². The van der Waals surface area contributed by atoms with Gasteiger partial charge >= 0.3 is 5.69 Å². The number of hydrogen-bond donors (Lipinski definition) is 1. The van der Waals surface area contributed by atoms with Gasteiger partial charge < -0.3 is 14.8 Å². The molecule has 160 valence electrons. The van der Waals surface area contributed by atoms with Crippen molar-refractivity contribution in [1.29, 1.82) is 0 Å². The number of aromatic nitrogens is 4. The van der Waals surface area contributed by atoms with Crippen molar-refractivity contribution in [3.63, 3.8) is 0 Å². The summed E-state index contributed by atoms with van der Waals surface area (Å²) in [4.78, 5) is 43.8. The van der Waals surface area contributed by atoms with Crippen molar-refractivity contribution in [1.82, 2.24) is 18.7 Å². The first-order valence-corrected chi connectivity index (χ1v) is 10.5. The van der Waals surface area contributed by atoms with Crippen LogP contribution < -0.4 is 21.5 Å². The summed E-state index contributed by atoms with van der Waals surface area (Å²) < 4.78 is 4.20. The van der Waals surface area contributed by atoms with Crippen molar-refractivity contribution in [2.75, 3.05) is 30.1 Å². The molecule has 2 aromatic heterocycles. The van der Waals surface area contributed by atoms with E-state index in [0.29, 0.717) is 22.0 Å². The van der Waals surface area contributed by atoms with Crippen LogP contribution in [0.25, 0.3) is 11.2 Å². The minimum atomic E-state index is -0.434. The first-order valence-electron chi connectivity index (χ1n) is 9.49. The summed E-state index contributed by atoms with van der Waals surface area (Å²) in [5.41, 5.74) is 1.60. The van der Waals surface area contributed by atoms with Crippen molar-refractivity contribution in [3.8, 4) is 0 Å². The zero-order chi connectivity index (χ0) is 22.2. The Balaban J connectivity index is 1.85. The van der Waals surface area contributed by atoms with Crippen LogP contribution in [0.1, 0.15) is 19.9 Å². The number of imidazole rings is 1. The maximum atomic E-state index is 12.7. The molecule has 0 saturated heterocycles. The Labute approximate surface area is 178 Å². The summed E-state index contributed by atoms with van der Waals surface area (Å²) in [6.45, 7) is 3.87. The van der Waals surface area contributed by atoms with Gasteiger partial charge in [-0.3, -0.25) is 18.7 Å². The van der Waals surface area contributed by atoms with Crippen molar-refractivity contribution in [2.24, 2.45) is 14.1 Å². The molecule has 0 fully saturated rings. The zero-order valence-electron chi connectivity index (χ0n) is 18.0. The minimum absolute atomic E-state index is 0.0654. The molecule has 1 aromatic carbocycles. The number of aryl methyl sites for hydroxylation is 1. The number of amides is 1. The lowest BCUT2D eigenvalue weighted by atomic mass is 10.2. The predicted octanol–water partition coefficient (Wildman–Crippen LogP) is 1.81. The van der Waals surface area contributed by atoms with Gasteiger partial charge in [0.15, 0.2) is 16.3 Å². The van der Waals surface area contributed by atoms with Gasteiger partial charge in [0.25, 0.3) is 5.56 Å². The Bertz CT molecular complexity index is 1200. The van der Waals surface area contributed by atoms with Crippen LogP contribution in [0.15, 0.2) is 39.0 Å². The summed E-state index contributed by atoms with van der Waals surface area (Å²) in [7, 11) is 6.94. The van der Waals surface area contributed by atoms with E-state index < -0.39 is 11.2 Å². The minimum Gasteiger partial charge on any atom is -0.378 e. The van der Waals surface area contributed by atoms with Crippen molar-refractivity contribution < 1.29 is 4.79 Å². The monoisotopic (exact) mass is 430 g/mol. The van der Waals surface area contributed by atoms with Crippen molar-refractivity contribution >= 4 is 40.2 Å². The molecule has 10 heteroatoms. The lowest BCUT2D eigenvalue weighted by Gasteiger charge is -2.13. The van der Waals surface area contributed by atoms with Gasteiger partial charge in [-0.15, -0.1) is 0 Å². The molecule has 0 aliphatic rings. The number of nitrogens with zero attached hydrogens (tertiary/aromatic N) is 5. The average Bonchev–Trinajstić information content (AvgIpc) is 3.09. The van der Waals surface area contributed by atoms with E-state index in [1.165, 1.54) is 23.4 Å². The van der Waals surface area contributed by atoms with E-state index in [2.05, 4.69) is 10.3 Å². The number of fused-ring (bicyclic) bond motifs is 1. The summed E-state index contributed by atoms with van der Waals surface area (Å²) in [6, 6.07) is 7.49. The van der Waals surface area contributed by atoms with Crippen LogP contribution in [0.4, 0.5) is 11.4 Å². The Hall–Kier alpha value is -3.01. The molecule has 0 saturated carbocycles. The Morgan fingerprint density at radius 1 is 1.13 bits per heavy atom. The van der Waals surface area contributed by atoms with E-state index in [1.54, 1.807) is 11.6 Å². The van der Waals surface area contributed by atoms with Crippen LogP contribution in [0.2, 0.25) is 0 Å². The molecule has 0 bridgehead atoms. The zero-order valence-corrected chi connectivity index (χ0v) is 18.8. The number of benzene rings is 1. The number of hydrogen-bond acceptors (Lipinski definition) is 6. The second-order valence-electron chi connectivity index (χ2n) is 7.51. The summed E-state index contributed by atoms with van der Waals surface area (Å²) >= 11 is 1.23. The molecule has 0 radical (unpaired) electrons. The smallest absolute Gasteiger partial charge is 0.332 e. The fraction of sp³-hybridized carbons (Fsp3) is 0.400. The largest absolute Gasteiger partial charge is 0.378 e. The van der Waals surface area contributed by atoms with Crippen LogP contribution >= 0.6 is 11.8 Å². The third kappa shape index (κ3) is 4.00. The SMILES string of the molecule is CC(C)n1c(SCC(=O)Nc2ccc(N(C)C)cc2)nc2c1c(=O)n(C)c(=O)n2C. The van der Waals surface area contributed by atoms with Crippen LogP contribution in [0.3, 0.4) is 0 Å². The molecule has 3 rings (SSSR count). The van der Waals surface area contributed by atoms with Crippen LogP contribution in [-0.4, -0.2) is 44.4 Å². The maximum Gasteiger partial charge on any atom is 0.332 e. The van der Waals surface area contributed by atoms with Gasteiger partial charge in [0.2, 0.25) is 5.91 Å². The highest BCUT2D eigenvalue weighted by atomic mass is 32.2. The van der Waals surface area contributed by atoms with Gasteiger partial charge in [-0.05, 0) is 38.1 Å². The predicted molar refractivity (Wildman–Crippen MR) is 121 cm³/mol. The number of thioether (sulfide) groups is 1. The van der Waals surface area contributed by atoms with Crippen molar-refractivity contribution in [2.45, 2.75) is 25.0 Å². The first-order chi connectivity index (χ1) is 14.1. The number of anilines is 2. The van der Waals surface area contributed by atoms with Crippen molar-refractivity contribution in [3.05, 3.63) is 45.1 Å². The second-order valence-corrected chi connectivity index (χ2v) is 8.46. The lowest BCUT2D eigenvalue weighted by molar-refractivity contribution is -0.113. The van der Waals surface area contributed by atoms with Crippen LogP contribution in [-0.2, 0) is 18.9 Å². The summed E-state index contributed by atoms with van der Waals surface area (Å²) in [5.74, 6) is -0.0542. The quantitative estimate of drug-likeness (QED) is 0.600. The van der Waals surface area contributed by atoms with Gasteiger partial charge in [0.05, 0.1) is 5.75 Å². The first kappa shape index (κ1) is 21.7. The third-order valence-electron chi connectivity index (χ3n) is 4.78. The van der Waals surface area contributed by atoms with Crippen LogP contribution in [0, 0.1) is 0 Å². The number of carbonyl (C=O) groups excluding carboxylic acids is 1. The standard InChI is InChI=1S/C20H26N6O3S/c1-12(2)26-16-17(24(5)20(29)25(6)18(16)28)22-19(26)30-11-15(27)21-13-7-9-14(10-8-13)23(3)4/h7-10,12H,11H2,1-6H3,(H,21,27). The van der Waals surface area contributed by atoms with Gasteiger partial charge in [-0.1, -0.05) is 11.8 Å². The molecule has 0 unspecified atom stereocenters. The van der Waals surface area contributed by atoms with E-state index in [1.807, 2.05) is 57.1 Å². The molecule has 9 nitrogen and oxygen atoms in total. The van der Waals surface area contributed by atoms with E-state index >= 15 is 0 Å². The molecular weight excluding hydrogens is 404 g/mol. The highest BCUT2D eigenvalue weighted by Crippen LogP contribution is 2.25. The normalized spacial score (nSPS) is 11.3. The Kier molecular flexibility index (Phi) is 6.06. The maximum absolute atomic E-state index is 12.7. The topological polar surface area (TPSA) is 94.2 Å². The number of carbonyl (C=O) groups is 1. The molecule has 0 spiro atoms. The Morgan fingerprint density at radius 2 is 1.77 bits per heavy atom. The van der Waals surface area contributed by atoms with Gasteiger partial charge in [0.1, 0.15) is 0 Å². The fourth-order valence-electron chi connectivity index (χ4n) is 3.15. The summed E-state index contributed by atoms with van der Waals surface area (Å²) in [6.07, 6.45) is 0. The number of rotatable bonds is 6. The highest BCUT2D eigenvalue weighted by Gasteiger charge is 2.21. The molecule has 3 aromatic rings. The van der Waals surface area contributed by atoms with Gasteiger partial charge in [-0.25, -0.2) is 9.78 Å². The molecule has 0 aliphatic heterocycles. The molecule has 0 atom stereocenters. The summed E-state index contributed by atoms with van der Waals surface area (Å²) in [5, 5.41) is 3.39. The second kappa shape index (κ2) is 8.39. The Morgan fingerprint density at radius 3 is 2.33 bits per heavy atom. The average molecular weight is 431 g/mol. The van der Waals surface area contributed by atoms with E-state index in [4.69, 9.17) is 0 Å². The van der Waals surface area contributed by atoms with Gasteiger partial charge in [-0.2, -0.15) is 0 Å². The third-order valence-corrected chi connectivity index (χ3v) is 5.73. The fourth-order valence-corrected chi connectivity index (χ4v) is 4.07. The van der Waals surface area contributed by atoms with Gasteiger partial charge in [0, 0.05) is 45.6 Å². The highest BCUT2D eigenvalue weighted by molar-refractivity contribution is 7.99. The van der Waals surface area contributed by atoms with E-state index in [9.17, 15) is 14.4 Å². The van der Waals surface area contributed by atoms with E-state index in [-0.39, 0.29) is 17.7 Å². The molecular formula is C20H26N6O3S. The molecule has 1 amide bonds. The molecule has 30 heavy (non-hydrogen) atoms. The van der Waals surface area contributed by atoms with E-state index in [0.717, 1.165) is 10.3 Å². The molecule has 0 aliphatic carbocycles. The molecule has 1 N–H and O–H groups in total.